The maximum atomic E-state index is 12.4. The molecule has 0 saturated carbocycles. The van der Waals surface area contributed by atoms with E-state index in [0.717, 1.165) is 11.1 Å². The van der Waals surface area contributed by atoms with E-state index in [1.54, 1.807) is 11.0 Å². The average Bonchev–Trinajstić information content (AvgIpc) is 3.18. The van der Waals surface area contributed by atoms with Crippen LogP contribution in [0.4, 0.5) is 0 Å². The van der Waals surface area contributed by atoms with Crippen molar-refractivity contribution in [3.05, 3.63) is 59.5 Å². The lowest BCUT2D eigenvalue weighted by molar-refractivity contribution is -0.148. The molecule has 6 nitrogen and oxygen atoms in total. The summed E-state index contributed by atoms with van der Waals surface area (Å²) in [6.45, 7) is 4.33. The number of amides is 1. The molecule has 2 heterocycles. The Kier molecular flexibility index (Phi) is 5.19. The van der Waals surface area contributed by atoms with Crippen molar-refractivity contribution in [3.8, 4) is 0 Å². The van der Waals surface area contributed by atoms with E-state index in [-0.39, 0.29) is 11.9 Å². The van der Waals surface area contributed by atoms with Crippen LogP contribution in [0, 0.1) is 6.92 Å². The fourth-order valence-electron chi connectivity index (χ4n) is 3.23. The summed E-state index contributed by atoms with van der Waals surface area (Å²) in [5.74, 6) is -0.317. The van der Waals surface area contributed by atoms with E-state index in [1.165, 1.54) is 19.6 Å². The zero-order valence-electron chi connectivity index (χ0n) is 14.5. The van der Waals surface area contributed by atoms with Gasteiger partial charge in [0.1, 0.15) is 12.3 Å². The molecule has 0 radical (unpaired) electrons. The molecule has 6 heteroatoms. The first-order valence-electron chi connectivity index (χ1n) is 8.30. The van der Waals surface area contributed by atoms with Crippen LogP contribution in [0.2, 0.25) is 0 Å². The van der Waals surface area contributed by atoms with Gasteiger partial charge in [-0.2, -0.15) is 0 Å². The predicted octanol–water partition coefficient (Wildman–Crippen LogP) is 2.26. The summed E-state index contributed by atoms with van der Waals surface area (Å²) in [6, 6.07) is 9.05. The quantitative estimate of drug-likeness (QED) is 0.798. The number of rotatable bonds is 4. The summed E-state index contributed by atoms with van der Waals surface area (Å²) in [7, 11) is 1.41. The molecule has 25 heavy (non-hydrogen) atoms. The van der Waals surface area contributed by atoms with Crippen molar-refractivity contribution in [1.82, 2.24) is 9.80 Å². The molecule has 1 amide bonds. The fraction of sp³-hybridized carbons (Fsp3) is 0.368. The summed E-state index contributed by atoms with van der Waals surface area (Å²) in [4.78, 5) is 28.7. The molecule has 0 bridgehead atoms. The SMILES string of the molecule is COC(=O)C(c1ccccc1C)N1CCN(C(=O)c2ccoc2)CC1. The third kappa shape index (κ3) is 3.58. The first-order valence-corrected chi connectivity index (χ1v) is 8.30. The van der Waals surface area contributed by atoms with Crippen LogP contribution in [0.1, 0.15) is 27.5 Å². The van der Waals surface area contributed by atoms with E-state index in [1.807, 2.05) is 31.2 Å². The average molecular weight is 342 g/mol. The molecule has 3 rings (SSSR count). The largest absolute Gasteiger partial charge is 0.472 e. The molecule has 1 unspecified atom stereocenters. The second kappa shape index (κ2) is 7.53. The zero-order chi connectivity index (χ0) is 17.8. The van der Waals surface area contributed by atoms with E-state index < -0.39 is 6.04 Å². The monoisotopic (exact) mass is 342 g/mol. The molecule has 1 aliphatic heterocycles. The number of furan rings is 1. The molecule has 1 fully saturated rings. The number of esters is 1. The van der Waals surface area contributed by atoms with Crippen molar-refractivity contribution < 1.29 is 18.7 Å². The van der Waals surface area contributed by atoms with Crippen LogP contribution < -0.4 is 0 Å². The number of benzene rings is 1. The third-order valence-electron chi connectivity index (χ3n) is 4.64. The van der Waals surface area contributed by atoms with Gasteiger partial charge in [-0.25, -0.2) is 4.79 Å². The molecule has 1 aromatic carbocycles. The number of ether oxygens (including phenoxy) is 1. The summed E-state index contributed by atoms with van der Waals surface area (Å²) in [5, 5.41) is 0. The maximum absolute atomic E-state index is 12.4. The van der Waals surface area contributed by atoms with Gasteiger partial charge >= 0.3 is 5.97 Å². The molecule has 1 aromatic heterocycles. The Morgan fingerprint density at radius 3 is 2.44 bits per heavy atom. The molecule has 2 aromatic rings. The second-order valence-electron chi connectivity index (χ2n) is 6.12. The van der Waals surface area contributed by atoms with Gasteiger partial charge in [0.2, 0.25) is 0 Å². The minimum Gasteiger partial charge on any atom is -0.472 e. The van der Waals surface area contributed by atoms with Crippen LogP contribution in [-0.2, 0) is 9.53 Å². The Balaban J connectivity index is 1.73. The number of nitrogens with zero attached hydrogens (tertiary/aromatic N) is 2. The van der Waals surface area contributed by atoms with Crippen molar-refractivity contribution in [1.29, 1.82) is 0 Å². The fourth-order valence-corrected chi connectivity index (χ4v) is 3.23. The summed E-state index contributed by atoms with van der Waals surface area (Å²) >= 11 is 0. The molecule has 1 atom stereocenters. The van der Waals surface area contributed by atoms with E-state index in [9.17, 15) is 9.59 Å². The first kappa shape index (κ1) is 17.2. The van der Waals surface area contributed by atoms with Crippen molar-refractivity contribution in [2.75, 3.05) is 33.3 Å². The Bertz CT molecular complexity index is 734. The van der Waals surface area contributed by atoms with E-state index >= 15 is 0 Å². The molecule has 1 saturated heterocycles. The molecule has 0 aliphatic carbocycles. The topological polar surface area (TPSA) is 63.0 Å². The number of hydrogen-bond donors (Lipinski definition) is 0. The number of carbonyl (C=O) groups is 2. The number of aryl methyl sites for hydroxylation is 1. The van der Waals surface area contributed by atoms with Crippen molar-refractivity contribution in [2.45, 2.75) is 13.0 Å². The minimum absolute atomic E-state index is 0.0427. The number of carbonyl (C=O) groups excluding carboxylic acids is 2. The number of hydrogen-bond acceptors (Lipinski definition) is 5. The highest BCUT2D eigenvalue weighted by Crippen LogP contribution is 2.26. The van der Waals surface area contributed by atoms with Gasteiger partial charge in [0, 0.05) is 26.2 Å². The molecule has 132 valence electrons. The van der Waals surface area contributed by atoms with Gasteiger partial charge in [-0.3, -0.25) is 9.69 Å². The van der Waals surface area contributed by atoms with Gasteiger partial charge in [0.25, 0.3) is 5.91 Å². The van der Waals surface area contributed by atoms with Crippen molar-refractivity contribution in [2.24, 2.45) is 0 Å². The molecule has 0 spiro atoms. The van der Waals surface area contributed by atoms with Gasteiger partial charge in [-0.05, 0) is 24.1 Å². The lowest BCUT2D eigenvalue weighted by Crippen LogP contribution is -2.51. The molecular formula is C19H22N2O4. The standard InChI is InChI=1S/C19H22N2O4/c1-14-5-3-4-6-16(14)17(19(23)24-2)20-8-10-21(11-9-20)18(22)15-7-12-25-13-15/h3-7,12-13,17H,8-11H2,1-2H3. The molecule has 0 N–H and O–H groups in total. The first-order chi connectivity index (χ1) is 12.1. The van der Waals surface area contributed by atoms with E-state index in [2.05, 4.69) is 4.90 Å². The Hall–Kier alpha value is -2.60. The number of methoxy groups -OCH3 is 1. The smallest absolute Gasteiger partial charge is 0.327 e. The third-order valence-corrected chi connectivity index (χ3v) is 4.64. The minimum atomic E-state index is -0.447. The zero-order valence-corrected chi connectivity index (χ0v) is 14.5. The van der Waals surface area contributed by atoms with E-state index in [4.69, 9.17) is 9.15 Å². The molecular weight excluding hydrogens is 320 g/mol. The van der Waals surface area contributed by atoms with Crippen LogP contribution in [-0.4, -0.2) is 55.0 Å². The van der Waals surface area contributed by atoms with Gasteiger partial charge < -0.3 is 14.1 Å². The summed E-state index contributed by atoms with van der Waals surface area (Å²) < 4.78 is 10.0. The van der Waals surface area contributed by atoms with Crippen LogP contribution in [0.5, 0.6) is 0 Å². The van der Waals surface area contributed by atoms with Crippen molar-refractivity contribution in [3.63, 3.8) is 0 Å². The lowest BCUT2D eigenvalue weighted by Gasteiger charge is -2.38. The lowest BCUT2D eigenvalue weighted by atomic mass is 9.99. The number of piperazine rings is 1. The second-order valence-corrected chi connectivity index (χ2v) is 6.12. The van der Waals surface area contributed by atoms with Crippen LogP contribution in [0.3, 0.4) is 0 Å². The van der Waals surface area contributed by atoms with E-state index in [0.29, 0.717) is 31.7 Å². The summed E-state index contributed by atoms with van der Waals surface area (Å²) in [5.41, 5.74) is 2.55. The highest BCUT2D eigenvalue weighted by Gasteiger charge is 2.33. The van der Waals surface area contributed by atoms with Crippen molar-refractivity contribution >= 4 is 11.9 Å². The highest BCUT2D eigenvalue weighted by molar-refractivity contribution is 5.93. The van der Waals surface area contributed by atoms with Gasteiger partial charge in [-0.1, -0.05) is 24.3 Å². The Morgan fingerprint density at radius 1 is 1.12 bits per heavy atom. The van der Waals surface area contributed by atoms with Gasteiger partial charge in [0.05, 0.1) is 18.9 Å². The van der Waals surface area contributed by atoms with Gasteiger partial charge in [-0.15, -0.1) is 0 Å². The Morgan fingerprint density at radius 2 is 1.84 bits per heavy atom. The van der Waals surface area contributed by atoms with Crippen LogP contribution >= 0.6 is 0 Å². The Labute approximate surface area is 147 Å². The normalized spacial score (nSPS) is 16.5. The van der Waals surface area contributed by atoms with Gasteiger partial charge in [0.15, 0.2) is 0 Å². The predicted molar refractivity (Wildman–Crippen MR) is 92.1 cm³/mol. The van der Waals surface area contributed by atoms with Crippen LogP contribution in [0.25, 0.3) is 0 Å². The van der Waals surface area contributed by atoms with Crippen LogP contribution in [0.15, 0.2) is 47.3 Å². The maximum Gasteiger partial charge on any atom is 0.327 e. The highest BCUT2D eigenvalue weighted by atomic mass is 16.5. The molecule has 1 aliphatic rings. The summed E-state index contributed by atoms with van der Waals surface area (Å²) in [6.07, 6.45) is 2.95.